The second-order valence-corrected chi connectivity index (χ2v) is 5.52. The SMILES string of the molecule is CN1CCCC(C(=O)NCC2(CN)CC2)C1. The fourth-order valence-corrected chi connectivity index (χ4v) is 2.43. The van der Waals surface area contributed by atoms with Crippen LogP contribution in [-0.4, -0.2) is 44.0 Å². The van der Waals surface area contributed by atoms with Crippen molar-refractivity contribution in [2.24, 2.45) is 17.1 Å². The average molecular weight is 225 g/mol. The molecule has 3 N–H and O–H groups in total. The van der Waals surface area contributed by atoms with Gasteiger partial charge < -0.3 is 16.0 Å². The van der Waals surface area contributed by atoms with Gasteiger partial charge in [-0.3, -0.25) is 4.79 Å². The van der Waals surface area contributed by atoms with Gasteiger partial charge in [0.2, 0.25) is 5.91 Å². The van der Waals surface area contributed by atoms with Gasteiger partial charge in [-0.05, 0) is 51.2 Å². The van der Waals surface area contributed by atoms with Gasteiger partial charge in [0.25, 0.3) is 0 Å². The van der Waals surface area contributed by atoms with E-state index in [1.165, 1.54) is 12.8 Å². The highest BCUT2D eigenvalue weighted by atomic mass is 16.1. The fourth-order valence-electron chi connectivity index (χ4n) is 2.43. The molecule has 1 atom stereocenters. The fraction of sp³-hybridized carbons (Fsp3) is 0.917. The van der Waals surface area contributed by atoms with Crippen LogP contribution >= 0.6 is 0 Å². The second-order valence-electron chi connectivity index (χ2n) is 5.52. The summed E-state index contributed by atoms with van der Waals surface area (Å²) in [6, 6.07) is 0. The summed E-state index contributed by atoms with van der Waals surface area (Å²) in [6.07, 6.45) is 4.52. The minimum Gasteiger partial charge on any atom is -0.355 e. The molecule has 4 heteroatoms. The number of rotatable bonds is 4. The van der Waals surface area contributed by atoms with Gasteiger partial charge in [0.1, 0.15) is 0 Å². The van der Waals surface area contributed by atoms with E-state index in [2.05, 4.69) is 17.3 Å². The Kier molecular flexibility index (Phi) is 3.50. The van der Waals surface area contributed by atoms with Crippen LogP contribution in [0.25, 0.3) is 0 Å². The summed E-state index contributed by atoms with van der Waals surface area (Å²) in [6.45, 7) is 3.51. The molecule has 0 aromatic carbocycles. The Morgan fingerprint density at radius 2 is 2.31 bits per heavy atom. The summed E-state index contributed by atoms with van der Waals surface area (Å²) < 4.78 is 0. The smallest absolute Gasteiger partial charge is 0.224 e. The zero-order chi connectivity index (χ0) is 11.6. The first-order chi connectivity index (χ1) is 7.65. The topological polar surface area (TPSA) is 58.4 Å². The predicted octanol–water partition coefficient (Wildman–Crippen LogP) is 0.183. The maximum atomic E-state index is 12.0. The third-order valence-electron chi connectivity index (χ3n) is 4.02. The standard InChI is InChI=1S/C12H23N3O/c1-15-6-2-3-10(7-15)11(16)14-9-12(8-13)4-5-12/h10H,2-9,13H2,1H3,(H,14,16). The lowest BCUT2D eigenvalue weighted by Gasteiger charge is -2.29. The van der Waals surface area contributed by atoms with Crippen LogP contribution in [0.5, 0.6) is 0 Å². The summed E-state index contributed by atoms with van der Waals surface area (Å²) in [5.74, 6) is 0.415. The third kappa shape index (κ3) is 2.74. The van der Waals surface area contributed by atoms with Gasteiger partial charge in [-0.1, -0.05) is 0 Å². The van der Waals surface area contributed by atoms with E-state index < -0.39 is 0 Å². The highest BCUT2D eigenvalue weighted by molar-refractivity contribution is 5.79. The summed E-state index contributed by atoms with van der Waals surface area (Å²) in [7, 11) is 2.09. The average Bonchev–Trinajstić information content (AvgIpc) is 3.07. The van der Waals surface area contributed by atoms with Crippen molar-refractivity contribution in [1.82, 2.24) is 10.2 Å². The van der Waals surface area contributed by atoms with E-state index in [0.29, 0.717) is 6.54 Å². The number of carbonyl (C=O) groups excluding carboxylic acids is 1. The molecule has 1 saturated carbocycles. The number of carbonyl (C=O) groups is 1. The molecular weight excluding hydrogens is 202 g/mol. The molecule has 2 rings (SSSR count). The Labute approximate surface area is 97.6 Å². The molecule has 4 nitrogen and oxygen atoms in total. The van der Waals surface area contributed by atoms with Crippen molar-refractivity contribution in [3.8, 4) is 0 Å². The van der Waals surface area contributed by atoms with Gasteiger partial charge in [0.15, 0.2) is 0 Å². The maximum Gasteiger partial charge on any atom is 0.224 e. The molecule has 1 heterocycles. The number of amides is 1. The molecule has 1 unspecified atom stereocenters. The lowest BCUT2D eigenvalue weighted by atomic mass is 9.97. The highest BCUT2D eigenvalue weighted by Crippen LogP contribution is 2.43. The van der Waals surface area contributed by atoms with Gasteiger partial charge in [-0.25, -0.2) is 0 Å². The van der Waals surface area contributed by atoms with Crippen LogP contribution in [0, 0.1) is 11.3 Å². The van der Waals surface area contributed by atoms with Crippen LogP contribution in [0.4, 0.5) is 0 Å². The molecule has 2 aliphatic rings. The molecule has 2 fully saturated rings. The number of nitrogens with two attached hydrogens (primary N) is 1. The van der Waals surface area contributed by atoms with Crippen molar-refractivity contribution in [1.29, 1.82) is 0 Å². The van der Waals surface area contributed by atoms with E-state index in [0.717, 1.165) is 32.5 Å². The van der Waals surface area contributed by atoms with E-state index in [-0.39, 0.29) is 17.2 Å². The lowest BCUT2D eigenvalue weighted by molar-refractivity contribution is -0.126. The van der Waals surface area contributed by atoms with Crippen molar-refractivity contribution in [3.05, 3.63) is 0 Å². The molecule has 1 amide bonds. The van der Waals surface area contributed by atoms with E-state index in [1.54, 1.807) is 0 Å². The van der Waals surface area contributed by atoms with Crippen molar-refractivity contribution < 1.29 is 4.79 Å². The first-order valence-electron chi connectivity index (χ1n) is 6.31. The molecule has 1 saturated heterocycles. The first-order valence-corrected chi connectivity index (χ1v) is 6.31. The minimum absolute atomic E-state index is 0.187. The van der Waals surface area contributed by atoms with Gasteiger partial charge in [0.05, 0.1) is 5.92 Å². The van der Waals surface area contributed by atoms with Crippen LogP contribution in [-0.2, 0) is 4.79 Å². The highest BCUT2D eigenvalue weighted by Gasteiger charge is 2.41. The van der Waals surface area contributed by atoms with Gasteiger partial charge >= 0.3 is 0 Å². The van der Waals surface area contributed by atoms with E-state index in [9.17, 15) is 4.79 Å². The Balaban J connectivity index is 1.75. The predicted molar refractivity (Wildman–Crippen MR) is 64.0 cm³/mol. The molecule has 0 aromatic rings. The van der Waals surface area contributed by atoms with Crippen molar-refractivity contribution in [3.63, 3.8) is 0 Å². The van der Waals surface area contributed by atoms with Crippen molar-refractivity contribution in [2.75, 3.05) is 33.2 Å². The number of nitrogens with zero attached hydrogens (tertiary/aromatic N) is 1. The molecule has 1 aliphatic carbocycles. The summed E-state index contributed by atoms with van der Waals surface area (Å²) in [5.41, 5.74) is 5.94. The lowest BCUT2D eigenvalue weighted by Crippen LogP contribution is -2.43. The van der Waals surface area contributed by atoms with Gasteiger partial charge in [0, 0.05) is 13.1 Å². The summed E-state index contributed by atoms with van der Waals surface area (Å²) >= 11 is 0. The maximum absolute atomic E-state index is 12.0. The Morgan fingerprint density at radius 3 is 2.88 bits per heavy atom. The summed E-state index contributed by atoms with van der Waals surface area (Å²) in [5, 5.41) is 3.08. The minimum atomic E-state index is 0.187. The Bertz CT molecular complexity index is 263. The zero-order valence-corrected chi connectivity index (χ0v) is 10.2. The largest absolute Gasteiger partial charge is 0.355 e. The van der Waals surface area contributed by atoms with Gasteiger partial charge in [-0.15, -0.1) is 0 Å². The van der Waals surface area contributed by atoms with Crippen LogP contribution in [0.1, 0.15) is 25.7 Å². The molecule has 0 spiro atoms. The summed E-state index contributed by atoms with van der Waals surface area (Å²) in [4.78, 5) is 14.2. The Morgan fingerprint density at radius 1 is 1.56 bits per heavy atom. The zero-order valence-electron chi connectivity index (χ0n) is 10.2. The van der Waals surface area contributed by atoms with Crippen LogP contribution in [0.3, 0.4) is 0 Å². The van der Waals surface area contributed by atoms with Crippen LogP contribution in [0.15, 0.2) is 0 Å². The Hall–Kier alpha value is -0.610. The number of hydrogen-bond donors (Lipinski definition) is 2. The first kappa shape index (κ1) is 11.9. The molecular formula is C12H23N3O. The number of piperidine rings is 1. The molecule has 0 bridgehead atoms. The van der Waals surface area contributed by atoms with Gasteiger partial charge in [-0.2, -0.15) is 0 Å². The molecule has 1 aliphatic heterocycles. The van der Waals surface area contributed by atoms with Crippen LogP contribution < -0.4 is 11.1 Å². The van der Waals surface area contributed by atoms with Crippen molar-refractivity contribution >= 4 is 5.91 Å². The van der Waals surface area contributed by atoms with E-state index >= 15 is 0 Å². The normalized spacial score (nSPS) is 28.8. The second kappa shape index (κ2) is 4.72. The van der Waals surface area contributed by atoms with Crippen molar-refractivity contribution in [2.45, 2.75) is 25.7 Å². The molecule has 16 heavy (non-hydrogen) atoms. The van der Waals surface area contributed by atoms with E-state index in [4.69, 9.17) is 5.73 Å². The number of likely N-dealkylation sites (tertiary alicyclic amines) is 1. The third-order valence-corrected chi connectivity index (χ3v) is 4.02. The molecule has 0 aromatic heterocycles. The quantitative estimate of drug-likeness (QED) is 0.718. The van der Waals surface area contributed by atoms with Crippen LogP contribution in [0.2, 0.25) is 0 Å². The monoisotopic (exact) mass is 225 g/mol. The molecule has 0 radical (unpaired) electrons. The van der Waals surface area contributed by atoms with E-state index in [1.807, 2.05) is 0 Å². The number of hydrogen-bond acceptors (Lipinski definition) is 3. The molecule has 92 valence electrons. The number of nitrogens with one attached hydrogen (secondary N) is 1.